The van der Waals surface area contributed by atoms with E-state index in [1.165, 1.54) is 64.3 Å². The molecule has 358 valence electrons. The van der Waals surface area contributed by atoms with Crippen LogP contribution in [0.1, 0.15) is 12.0 Å². The van der Waals surface area contributed by atoms with Crippen LogP contribution < -0.4 is 0 Å². The van der Waals surface area contributed by atoms with Crippen LogP contribution in [0.25, 0.3) is 32.8 Å². The monoisotopic (exact) mass is 937 g/mol. The largest absolute Gasteiger partial charge is 0.351 e. The molecule has 25 nitrogen and oxygen atoms in total. The van der Waals surface area contributed by atoms with Crippen molar-refractivity contribution in [1.29, 1.82) is 0 Å². The molecule has 69 heavy (non-hydrogen) atoms. The zero-order valence-corrected chi connectivity index (χ0v) is 39.9. The summed E-state index contributed by atoms with van der Waals surface area (Å²) in [6.07, 6.45) is 17.5. The molecule has 12 rings (SSSR count). The average molecular weight is 938 g/mol. The molecular weight excluding hydrogens is 883 g/mol. The lowest BCUT2D eigenvalue weighted by molar-refractivity contribution is -0.127. The van der Waals surface area contributed by atoms with Gasteiger partial charge in [-0.25, -0.2) is 19.7 Å². The Bertz CT molecular complexity index is 2780. The van der Waals surface area contributed by atoms with E-state index in [1.54, 1.807) is 70.9 Å². The standard InChI is InChI=1S/C10H9N.C9H9N.C8H8N2.C4H6N2O.C3H5N3O.2C3H5N3.2C2H4N4/c1-8-6-9-4-2-3-5-10(9)11-7-8;1-10-7-6-8-4-2-3-5-9(8)10;1-10-6-9-7-4-2-3-5-8(7)10;1-6-4(7)2-3-5-6;1-6-3(7)2-4-5-6;1-6-3-2-4-5-6;1-6-4-2-3-5-6;1-6-2-3-4-5-6;1-6-4-2-3-5-6/h2-7H,1H3;2-7H,1H3;2-6H,1H3;3H,2H2,1H3;2H2,1H3;2*2-3H,1H3;2*2H,1H3. The number of imidazole rings is 1. The summed E-state index contributed by atoms with van der Waals surface area (Å²) < 4.78 is 7.30. The van der Waals surface area contributed by atoms with Crippen molar-refractivity contribution in [2.24, 2.45) is 57.7 Å². The molecule has 3 aromatic carbocycles. The molecule has 0 N–H and O–H groups in total. The molecule has 10 aromatic rings. The molecule has 2 amide bonds. The molecule has 0 spiro atoms. The molecule has 25 heteroatoms. The van der Waals surface area contributed by atoms with Crippen LogP contribution in [0, 0.1) is 6.92 Å². The number of hydrogen-bond acceptors (Lipinski definition) is 17. The number of benzene rings is 3. The summed E-state index contributed by atoms with van der Waals surface area (Å²) in [6.45, 7) is 2.27. The SMILES string of the molecule is CN1N=CCC1=O.CN1N=NCC1=O.Cc1cnc2ccccc2c1.Cn1ccc2ccccc21.Cn1ccnn1.Cn1cnc2ccccc21.Cn1cnnn1.Cn1nccn1.Cn1ncnn1. The predicted molar refractivity (Wildman–Crippen MR) is 258 cm³/mol. The summed E-state index contributed by atoms with van der Waals surface area (Å²) in [5, 5.41) is 50.9. The minimum Gasteiger partial charge on any atom is -0.351 e. The van der Waals surface area contributed by atoms with E-state index < -0.39 is 0 Å². The quantitative estimate of drug-likeness (QED) is 0.208. The van der Waals surface area contributed by atoms with Crippen LogP contribution in [0.4, 0.5) is 0 Å². The summed E-state index contributed by atoms with van der Waals surface area (Å²) in [5.74, 6) is 0.0278. The minimum atomic E-state index is -0.0417. The van der Waals surface area contributed by atoms with E-state index in [0.717, 1.165) is 11.0 Å². The van der Waals surface area contributed by atoms with E-state index in [1.807, 2.05) is 67.6 Å². The summed E-state index contributed by atoms with van der Waals surface area (Å²) >= 11 is 0. The van der Waals surface area contributed by atoms with Crippen molar-refractivity contribution in [3.63, 3.8) is 0 Å². The van der Waals surface area contributed by atoms with Crippen molar-refractivity contribution < 1.29 is 9.59 Å². The van der Waals surface area contributed by atoms with Crippen molar-refractivity contribution >= 4 is 50.9 Å². The number of fused-ring (bicyclic) bond motifs is 3. The molecule has 0 fully saturated rings. The van der Waals surface area contributed by atoms with Crippen LogP contribution >= 0.6 is 0 Å². The van der Waals surface area contributed by atoms with Gasteiger partial charge in [0.2, 0.25) is 5.91 Å². The summed E-state index contributed by atoms with van der Waals surface area (Å²) in [5.41, 5.74) is 5.82. The zero-order valence-electron chi connectivity index (χ0n) is 39.9. The third kappa shape index (κ3) is 19.4. The molecule has 0 saturated heterocycles. The van der Waals surface area contributed by atoms with Crippen LogP contribution in [-0.2, 0) is 51.9 Å². The van der Waals surface area contributed by atoms with Gasteiger partial charge in [-0.2, -0.15) is 30.0 Å². The summed E-state index contributed by atoms with van der Waals surface area (Å²) in [4.78, 5) is 32.0. The fourth-order valence-electron chi connectivity index (χ4n) is 5.24. The van der Waals surface area contributed by atoms with Crippen molar-refractivity contribution in [2.75, 3.05) is 20.6 Å². The van der Waals surface area contributed by atoms with Crippen LogP contribution in [-0.4, -0.2) is 138 Å². The smallest absolute Gasteiger partial charge is 0.267 e. The van der Waals surface area contributed by atoms with E-state index in [9.17, 15) is 9.59 Å². The first kappa shape index (κ1) is 52.3. The van der Waals surface area contributed by atoms with E-state index in [4.69, 9.17) is 0 Å². The molecule has 0 atom stereocenters. The van der Waals surface area contributed by atoms with Crippen LogP contribution in [0.2, 0.25) is 0 Å². The fourth-order valence-corrected chi connectivity index (χ4v) is 5.24. The number of likely N-dealkylation sites (N-methyl/N-ethyl adjacent to an activating group) is 1. The van der Waals surface area contributed by atoms with Crippen LogP contribution in [0.15, 0.2) is 157 Å². The van der Waals surface area contributed by atoms with Gasteiger partial charge < -0.3 is 9.13 Å². The number of carbonyl (C=O) groups is 2. The van der Waals surface area contributed by atoms with E-state index >= 15 is 0 Å². The zero-order chi connectivity index (χ0) is 49.8. The Morgan fingerprint density at radius 2 is 1.25 bits per heavy atom. The first-order chi connectivity index (χ1) is 33.3. The van der Waals surface area contributed by atoms with Gasteiger partial charge in [-0.3, -0.25) is 19.3 Å². The number of amides is 2. The van der Waals surface area contributed by atoms with E-state index in [0.29, 0.717) is 6.42 Å². The van der Waals surface area contributed by atoms with Gasteiger partial charge in [0.15, 0.2) is 6.33 Å². The lowest BCUT2D eigenvalue weighted by atomic mass is 10.2. The second kappa shape index (κ2) is 28.6. The normalized spacial score (nSPS) is 11.6. The Kier molecular flexibility index (Phi) is 21.7. The third-order valence-electron chi connectivity index (χ3n) is 8.78. The van der Waals surface area contributed by atoms with Gasteiger partial charge in [0.05, 0.1) is 54.9 Å². The van der Waals surface area contributed by atoms with Gasteiger partial charge in [-0.15, -0.1) is 20.4 Å². The topological polar surface area (TPSA) is 262 Å². The summed E-state index contributed by atoms with van der Waals surface area (Å²) in [6, 6.07) is 28.8. The number of pyridine rings is 1. The highest BCUT2D eigenvalue weighted by molar-refractivity contribution is 5.93. The Labute approximate surface area is 397 Å². The maximum absolute atomic E-state index is 10.4. The molecule has 0 unspecified atom stereocenters. The Morgan fingerprint density at radius 1 is 0.551 bits per heavy atom. The van der Waals surface area contributed by atoms with Gasteiger partial charge in [0, 0.05) is 85.0 Å². The van der Waals surface area contributed by atoms with Crippen molar-refractivity contribution in [2.45, 2.75) is 13.3 Å². The van der Waals surface area contributed by atoms with Crippen LogP contribution in [0.3, 0.4) is 0 Å². The van der Waals surface area contributed by atoms with Crippen molar-refractivity contribution in [3.05, 3.63) is 147 Å². The molecule has 7 aromatic heterocycles. The summed E-state index contributed by atoms with van der Waals surface area (Å²) in [7, 11) is 14.4. The molecule has 0 aliphatic carbocycles. The predicted octanol–water partition coefficient (Wildman–Crippen LogP) is 4.01. The first-order valence-electron chi connectivity index (χ1n) is 20.9. The number of aromatic nitrogens is 18. The highest BCUT2D eigenvalue weighted by Gasteiger charge is 2.11. The Hall–Kier alpha value is -9.29. The number of aryl methyl sites for hydroxylation is 7. The first-order valence-corrected chi connectivity index (χ1v) is 20.9. The molecule has 0 radical (unpaired) electrons. The van der Waals surface area contributed by atoms with Crippen molar-refractivity contribution in [1.82, 2.24) is 99.5 Å². The maximum Gasteiger partial charge on any atom is 0.267 e. The average Bonchev–Trinajstić information content (AvgIpc) is 4.23. The number of para-hydroxylation sites is 4. The highest BCUT2D eigenvalue weighted by atomic mass is 16.2. The molecule has 2 aliphatic heterocycles. The highest BCUT2D eigenvalue weighted by Crippen LogP contribution is 2.13. The third-order valence-corrected chi connectivity index (χ3v) is 8.78. The number of rotatable bonds is 0. The van der Waals surface area contributed by atoms with Gasteiger partial charge in [-0.05, 0) is 69.9 Å². The second-order valence-electron chi connectivity index (χ2n) is 14.3. The Balaban J connectivity index is 0.000000171. The van der Waals surface area contributed by atoms with Gasteiger partial charge in [0.1, 0.15) is 12.9 Å². The molecule has 9 heterocycles. The minimum absolute atomic E-state index is 0.0417. The lowest BCUT2D eigenvalue weighted by Gasteiger charge is -1.98. The van der Waals surface area contributed by atoms with Gasteiger partial charge in [0.25, 0.3) is 5.91 Å². The molecule has 0 bridgehead atoms. The van der Waals surface area contributed by atoms with Crippen LogP contribution in [0.5, 0.6) is 0 Å². The maximum atomic E-state index is 10.4. The number of nitrogens with zero attached hydrogens (tertiary/aromatic N) is 23. The van der Waals surface area contributed by atoms with Crippen molar-refractivity contribution in [3.8, 4) is 0 Å². The number of carbonyl (C=O) groups excluding carboxylic acids is 2. The van der Waals surface area contributed by atoms with Gasteiger partial charge in [-0.1, -0.05) is 59.0 Å². The number of hydrazone groups is 1. The van der Waals surface area contributed by atoms with Gasteiger partial charge >= 0.3 is 0 Å². The molecule has 0 saturated carbocycles. The molecule has 2 aliphatic rings. The lowest BCUT2D eigenvalue weighted by Crippen LogP contribution is -2.16. The second-order valence-corrected chi connectivity index (χ2v) is 14.3. The number of hydrogen-bond donors (Lipinski definition) is 0. The fraction of sp³-hybridized carbons (Fsp3) is 0.250. The van der Waals surface area contributed by atoms with E-state index in [2.05, 4.69) is 150 Å². The Morgan fingerprint density at radius 3 is 1.67 bits per heavy atom. The number of tetrazole rings is 2. The molecular formula is C44H55N23O2. The van der Waals surface area contributed by atoms with E-state index in [-0.39, 0.29) is 18.4 Å².